The van der Waals surface area contributed by atoms with Gasteiger partial charge in [-0.1, -0.05) is 12.1 Å². The maximum Gasteiger partial charge on any atom is 0.138 e. The van der Waals surface area contributed by atoms with E-state index in [1.165, 1.54) is 0 Å². The molecule has 0 unspecified atom stereocenters. The smallest absolute Gasteiger partial charge is 0.138 e. The molecule has 1 aromatic rings. The van der Waals surface area contributed by atoms with Crippen molar-refractivity contribution < 1.29 is 4.39 Å². The molecule has 0 radical (unpaired) electrons. The molecule has 0 aliphatic heterocycles. The van der Waals surface area contributed by atoms with Gasteiger partial charge in [-0.25, -0.2) is 4.39 Å². The molecule has 1 aliphatic rings. The van der Waals surface area contributed by atoms with Crippen LogP contribution in [-0.2, 0) is 5.67 Å². The lowest BCUT2D eigenvalue weighted by atomic mass is 9.69. The number of benzene rings is 1. The molecule has 1 aliphatic carbocycles. The van der Waals surface area contributed by atoms with E-state index >= 15 is 0 Å². The average molecular weight is 301 g/mol. The van der Waals surface area contributed by atoms with Crippen LogP contribution in [0.3, 0.4) is 0 Å². The van der Waals surface area contributed by atoms with Crippen molar-refractivity contribution in [1.29, 1.82) is 5.26 Å². The Balaban J connectivity index is 2.21. The second-order valence-electron chi connectivity index (χ2n) is 3.71. The summed E-state index contributed by atoms with van der Waals surface area (Å²) < 4.78 is 15.1. The van der Waals surface area contributed by atoms with Gasteiger partial charge in [-0.3, -0.25) is 0 Å². The summed E-state index contributed by atoms with van der Waals surface area (Å²) >= 11 is 2.17. The lowest BCUT2D eigenvalue weighted by molar-refractivity contribution is 0.0272. The second-order valence-corrected chi connectivity index (χ2v) is 4.96. The van der Waals surface area contributed by atoms with E-state index < -0.39 is 5.67 Å². The lowest BCUT2D eigenvalue weighted by Crippen LogP contribution is -2.36. The maximum absolute atomic E-state index is 14.1. The summed E-state index contributed by atoms with van der Waals surface area (Å²) in [5, 5.41) is 8.60. The highest BCUT2D eigenvalue weighted by molar-refractivity contribution is 14.1. The van der Waals surface area contributed by atoms with Gasteiger partial charge < -0.3 is 0 Å². The van der Waals surface area contributed by atoms with Crippen LogP contribution in [0.15, 0.2) is 24.3 Å². The molecule has 2 rings (SSSR count). The van der Waals surface area contributed by atoms with E-state index in [0.717, 1.165) is 9.13 Å². The van der Waals surface area contributed by atoms with E-state index in [1.54, 1.807) is 6.07 Å². The summed E-state index contributed by atoms with van der Waals surface area (Å²) in [5.74, 6) is -0.0992. The number of hydrogen-bond acceptors (Lipinski definition) is 1. The highest BCUT2D eigenvalue weighted by Crippen LogP contribution is 2.48. The van der Waals surface area contributed by atoms with Gasteiger partial charge in [0, 0.05) is 16.4 Å². The molecular weight excluding hydrogens is 292 g/mol. The zero-order chi connectivity index (χ0) is 10.2. The minimum atomic E-state index is -1.25. The van der Waals surface area contributed by atoms with Gasteiger partial charge in [0.1, 0.15) is 5.67 Å². The Labute approximate surface area is 96.1 Å². The van der Waals surface area contributed by atoms with E-state index in [2.05, 4.69) is 28.7 Å². The highest BCUT2D eigenvalue weighted by atomic mass is 127. The molecule has 0 aromatic heterocycles. The third kappa shape index (κ3) is 1.63. The highest BCUT2D eigenvalue weighted by Gasteiger charge is 2.46. The average Bonchev–Trinajstić information content (AvgIpc) is 2.13. The van der Waals surface area contributed by atoms with Gasteiger partial charge in [-0.15, -0.1) is 0 Å². The van der Waals surface area contributed by atoms with Crippen molar-refractivity contribution in [3.05, 3.63) is 33.4 Å². The molecule has 1 nitrogen and oxygen atoms in total. The van der Waals surface area contributed by atoms with Crippen molar-refractivity contribution in [1.82, 2.24) is 0 Å². The quantitative estimate of drug-likeness (QED) is 0.729. The van der Waals surface area contributed by atoms with E-state index in [0.29, 0.717) is 12.8 Å². The molecule has 0 N–H and O–H groups in total. The fourth-order valence-corrected chi connectivity index (χ4v) is 2.36. The van der Waals surface area contributed by atoms with Crippen molar-refractivity contribution in [2.75, 3.05) is 0 Å². The fourth-order valence-electron chi connectivity index (χ4n) is 1.82. The molecule has 0 heterocycles. The number of alkyl halides is 1. The fraction of sp³-hybridized carbons (Fsp3) is 0.364. The first kappa shape index (κ1) is 9.91. The van der Waals surface area contributed by atoms with Crippen LogP contribution in [0.5, 0.6) is 0 Å². The van der Waals surface area contributed by atoms with Crippen molar-refractivity contribution in [3.63, 3.8) is 0 Å². The van der Waals surface area contributed by atoms with Crippen LogP contribution in [0, 0.1) is 20.8 Å². The summed E-state index contributed by atoms with van der Waals surface area (Å²) in [7, 11) is 0. The van der Waals surface area contributed by atoms with Crippen molar-refractivity contribution in [2.45, 2.75) is 18.5 Å². The third-order valence-electron chi connectivity index (χ3n) is 2.66. The number of hydrogen-bond donors (Lipinski definition) is 0. The zero-order valence-corrected chi connectivity index (χ0v) is 9.66. The van der Waals surface area contributed by atoms with E-state index in [1.807, 2.05) is 18.2 Å². The molecule has 1 fully saturated rings. The van der Waals surface area contributed by atoms with Gasteiger partial charge in [-0.05, 0) is 40.3 Å². The summed E-state index contributed by atoms with van der Waals surface area (Å²) in [5.41, 5.74) is -0.530. The Morgan fingerprint density at radius 3 is 2.79 bits per heavy atom. The van der Waals surface area contributed by atoms with Crippen LogP contribution in [0.25, 0.3) is 0 Å². The standard InChI is InChI=1S/C11H9FIN/c12-11(5-8(6-11)7-14)9-2-1-3-10(13)4-9/h1-4,8H,5-6H2. The topological polar surface area (TPSA) is 23.8 Å². The number of halogens is 2. The summed E-state index contributed by atoms with van der Waals surface area (Å²) in [6.07, 6.45) is 0.702. The molecule has 0 atom stereocenters. The van der Waals surface area contributed by atoms with Crippen LogP contribution < -0.4 is 0 Å². The monoisotopic (exact) mass is 301 g/mol. The zero-order valence-electron chi connectivity index (χ0n) is 7.50. The minimum Gasteiger partial charge on any atom is -0.239 e. The first-order chi connectivity index (χ1) is 6.64. The summed E-state index contributed by atoms with van der Waals surface area (Å²) in [6, 6.07) is 9.55. The first-order valence-electron chi connectivity index (χ1n) is 4.49. The molecule has 0 saturated heterocycles. The van der Waals surface area contributed by atoms with Crippen molar-refractivity contribution in [3.8, 4) is 6.07 Å². The molecule has 1 aromatic carbocycles. The molecule has 0 amide bonds. The van der Waals surface area contributed by atoms with Gasteiger partial charge in [-0.2, -0.15) is 5.26 Å². The van der Waals surface area contributed by atoms with Gasteiger partial charge in [0.25, 0.3) is 0 Å². The van der Waals surface area contributed by atoms with Gasteiger partial charge in [0.15, 0.2) is 0 Å². The molecule has 3 heteroatoms. The molecule has 1 saturated carbocycles. The molecule has 0 bridgehead atoms. The lowest BCUT2D eigenvalue weighted by Gasteiger charge is -2.38. The number of nitriles is 1. The Morgan fingerprint density at radius 1 is 1.50 bits per heavy atom. The SMILES string of the molecule is N#CC1CC(F)(c2cccc(I)c2)C1. The van der Waals surface area contributed by atoms with Crippen LogP contribution in [0.1, 0.15) is 18.4 Å². The van der Waals surface area contributed by atoms with Crippen LogP contribution in [0.4, 0.5) is 4.39 Å². The van der Waals surface area contributed by atoms with Gasteiger partial charge in [0.05, 0.1) is 12.0 Å². The Bertz CT molecular complexity index is 391. The van der Waals surface area contributed by atoms with Crippen LogP contribution in [-0.4, -0.2) is 0 Å². The predicted octanol–water partition coefficient (Wildman–Crippen LogP) is 3.39. The van der Waals surface area contributed by atoms with E-state index in [-0.39, 0.29) is 5.92 Å². The molecule has 14 heavy (non-hydrogen) atoms. The number of nitrogens with zero attached hydrogens (tertiary/aromatic N) is 1. The summed E-state index contributed by atoms with van der Waals surface area (Å²) in [4.78, 5) is 0. The number of rotatable bonds is 1. The Kier molecular flexibility index (Phi) is 2.48. The van der Waals surface area contributed by atoms with Crippen molar-refractivity contribution >= 4 is 22.6 Å². The molecular formula is C11H9FIN. The molecule has 0 spiro atoms. The third-order valence-corrected chi connectivity index (χ3v) is 3.34. The van der Waals surface area contributed by atoms with Gasteiger partial charge in [0.2, 0.25) is 0 Å². The Hall–Kier alpha value is -0.630. The summed E-state index contributed by atoms with van der Waals surface area (Å²) in [6.45, 7) is 0. The normalized spacial score (nSPS) is 30.5. The van der Waals surface area contributed by atoms with Crippen molar-refractivity contribution in [2.24, 2.45) is 5.92 Å². The Morgan fingerprint density at radius 2 is 2.21 bits per heavy atom. The first-order valence-corrected chi connectivity index (χ1v) is 5.56. The minimum absolute atomic E-state index is 0.0992. The largest absolute Gasteiger partial charge is 0.239 e. The van der Waals surface area contributed by atoms with E-state index in [9.17, 15) is 4.39 Å². The van der Waals surface area contributed by atoms with Crippen LogP contribution >= 0.6 is 22.6 Å². The molecule has 72 valence electrons. The van der Waals surface area contributed by atoms with Gasteiger partial charge >= 0.3 is 0 Å². The maximum atomic E-state index is 14.1. The predicted molar refractivity (Wildman–Crippen MR) is 60.3 cm³/mol. The second kappa shape index (κ2) is 3.50. The van der Waals surface area contributed by atoms with Crippen LogP contribution in [0.2, 0.25) is 0 Å². The van der Waals surface area contributed by atoms with E-state index in [4.69, 9.17) is 5.26 Å².